The predicted octanol–water partition coefficient (Wildman–Crippen LogP) is 8.76. The van der Waals surface area contributed by atoms with Gasteiger partial charge in [-0.15, -0.1) is 22.7 Å². The van der Waals surface area contributed by atoms with Crippen LogP contribution in [0, 0.1) is 20.8 Å². The van der Waals surface area contributed by atoms with E-state index in [-0.39, 0.29) is 14.9 Å². The maximum absolute atomic E-state index is 3.51. The highest BCUT2D eigenvalue weighted by Gasteiger charge is 2.01. The van der Waals surface area contributed by atoms with Crippen molar-refractivity contribution < 1.29 is 0 Å². The Labute approximate surface area is 162 Å². The van der Waals surface area contributed by atoms with Crippen molar-refractivity contribution in [3.8, 4) is 0 Å². The maximum atomic E-state index is 3.51. The minimum Gasteiger partial charge on any atom is -0.143 e. The van der Waals surface area contributed by atoms with Crippen molar-refractivity contribution in [1.82, 2.24) is 0 Å². The molecule has 2 aromatic carbocycles. The van der Waals surface area contributed by atoms with E-state index in [1.807, 2.05) is 11.3 Å². The molecule has 0 saturated heterocycles. The molecule has 0 nitrogen and oxygen atoms in total. The topological polar surface area (TPSA) is 0 Å². The molecule has 0 aliphatic heterocycles. The third-order valence-corrected chi connectivity index (χ3v) is 7.08. The van der Waals surface area contributed by atoms with Gasteiger partial charge in [-0.25, -0.2) is 0 Å². The molecule has 0 N–H and O–H groups in total. The first kappa shape index (κ1) is 20.9. The molecule has 0 amide bonds. The average Bonchev–Trinajstić information content (AvgIpc) is 3.07. The number of halogens is 1. The van der Waals surface area contributed by atoms with E-state index in [9.17, 15) is 0 Å². The highest BCUT2D eigenvalue weighted by atomic mass is 79.9. The number of benzene rings is 2. The summed E-state index contributed by atoms with van der Waals surface area (Å²) in [6.45, 7) is 6.47. The highest BCUT2D eigenvalue weighted by Crippen LogP contribution is 2.32. The summed E-state index contributed by atoms with van der Waals surface area (Å²) in [5, 5.41) is 7.10. The minimum atomic E-state index is 0. The predicted molar refractivity (Wildman–Crippen MR) is 119 cm³/mol. The lowest BCUT2D eigenvalue weighted by Crippen LogP contribution is -1.71. The zero-order valence-corrected chi connectivity index (χ0v) is 16.0. The van der Waals surface area contributed by atoms with Gasteiger partial charge in [0.05, 0.1) is 0 Å². The highest BCUT2D eigenvalue weighted by molar-refractivity contribution is 9.10. The van der Waals surface area contributed by atoms with Crippen LogP contribution < -0.4 is 0 Å². The van der Waals surface area contributed by atoms with E-state index < -0.39 is 0 Å². The largest absolute Gasteiger partial charge is 0.143 e. The smallest absolute Gasteiger partial charge is 0.0383 e. The van der Waals surface area contributed by atoms with Gasteiger partial charge in [0.2, 0.25) is 0 Å². The van der Waals surface area contributed by atoms with Crippen LogP contribution in [0.5, 0.6) is 0 Å². The molecule has 0 radical (unpaired) electrons. The van der Waals surface area contributed by atoms with E-state index in [1.165, 1.54) is 41.3 Å². The normalized spacial score (nSPS) is 9.83. The molecule has 0 bridgehead atoms. The molecule has 2 aromatic heterocycles. The lowest BCUT2D eigenvalue weighted by molar-refractivity contribution is 1.54. The van der Waals surface area contributed by atoms with Gasteiger partial charge in [0.1, 0.15) is 0 Å². The molecule has 128 valence electrons. The Morgan fingerprint density at radius 1 is 0.667 bits per heavy atom. The standard InChI is InChI=1S/C10H10S.C9H7BrS.2CH4/c1-7-4-3-5-9-8(2)6-11-10(7)9;1-6-3-2-4-7-8(10)5-11-9(6)7;;/h3-6H,1-2H3;2-5H,1H3;2*1H4. The molecule has 2 heterocycles. The van der Waals surface area contributed by atoms with Crippen molar-refractivity contribution in [3.63, 3.8) is 0 Å². The summed E-state index contributed by atoms with van der Waals surface area (Å²) in [6, 6.07) is 12.9. The Kier molecular flexibility index (Phi) is 7.65. The summed E-state index contributed by atoms with van der Waals surface area (Å²) < 4.78 is 4.03. The fraction of sp³-hybridized carbons (Fsp3) is 0.238. The first-order valence-corrected chi connectivity index (χ1v) is 9.69. The molecule has 0 aliphatic rings. The van der Waals surface area contributed by atoms with E-state index >= 15 is 0 Å². The molecular formula is C21H25BrS2. The van der Waals surface area contributed by atoms with Crippen LogP contribution in [0.15, 0.2) is 51.6 Å². The van der Waals surface area contributed by atoms with Gasteiger partial charge in [0.25, 0.3) is 0 Å². The van der Waals surface area contributed by atoms with Crippen LogP contribution in [0.25, 0.3) is 20.2 Å². The summed E-state index contributed by atoms with van der Waals surface area (Å²) >= 11 is 7.15. The number of thiophene rings is 2. The fourth-order valence-electron chi connectivity index (χ4n) is 2.50. The van der Waals surface area contributed by atoms with E-state index in [0.717, 1.165) is 0 Å². The Balaban J connectivity index is 0.000000222. The molecule has 0 aliphatic carbocycles. The van der Waals surface area contributed by atoms with Gasteiger partial charge in [-0.3, -0.25) is 0 Å². The second kappa shape index (κ2) is 8.80. The zero-order valence-electron chi connectivity index (χ0n) is 12.8. The van der Waals surface area contributed by atoms with Crippen LogP contribution in [0.4, 0.5) is 0 Å². The zero-order chi connectivity index (χ0) is 15.7. The summed E-state index contributed by atoms with van der Waals surface area (Å²) in [7, 11) is 0. The maximum Gasteiger partial charge on any atom is 0.0383 e. The Bertz CT molecular complexity index is 853. The number of rotatable bonds is 0. The van der Waals surface area contributed by atoms with Gasteiger partial charge >= 0.3 is 0 Å². The second-order valence-electron chi connectivity index (χ2n) is 5.41. The van der Waals surface area contributed by atoms with Crippen LogP contribution >= 0.6 is 38.6 Å². The summed E-state index contributed by atoms with van der Waals surface area (Å²) in [6.07, 6.45) is 0. The Morgan fingerprint density at radius 3 is 1.71 bits per heavy atom. The molecule has 3 heteroatoms. The molecule has 0 fully saturated rings. The molecule has 0 spiro atoms. The van der Waals surface area contributed by atoms with Crippen LogP contribution in [-0.4, -0.2) is 0 Å². The van der Waals surface area contributed by atoms with E-state index in [1.54, 1.807) is 11.3 Å². The van der Waals surface area contributed by atoms with Crippen molar-refractivity contribution >= 4 is 58.8 Å². The molecule has 4 rings (SSSR count). The van der Waals surface area contributed by atoms with E-state index in [0.29, 0.717) is 0 Å². The molecular weight excluding hydrogens is 396 g/mol. The molecule has 0 atom stereocenters. The van der Waals surface area contributed by atoms with Crippen LogP contribution in [-0.2, 0) is 0 Å². The summed E-state index contributed by atoms with van der Waals surface area (Å²) in [5.41, 5.74) is 4.15. The summed E-state index contributed by atoms with van der Waals surface area (Å²) in [4.78, 5) is 0. The van der Waals surface area contributed by atoms with Crippen LogP contribution in [0.2, 0.25) is 0 Å². The van der Waals surface area contributed by atoms with Crippen molar-refractivity contribution in [2.45, 2.75) is 35.6 Å². The van der Waals surface area contributed by atoms with Gasteiger partial charge in [-0.05, 0) is 64.2 Å². The number of fused-ring (bicyclic) bond motifs is 2. The number of hydrogen-bond donors (Lipinski definition) is 0. The van der Waals surface area contributed by atoms with E-state index in [4.69, 9.17) is 0 Å². The molecule has 4 aromatic rings. The van der Waals surface area contributed by atoms with Crippen molar-refractivity contribution in [2.24, 2.45) is 0 Å². The van der Waals surface area contributed by atoms with Crippen LogP contribution in [0.1, 0.15) is 31.5 Å². The Morgan fingerprint density at radius 2 is 1.17 bits per heavy atom. The molecule has 0 saturated carbocycles. The molecule has 0 unspecified atom stereocenters. The lowest BCUT2D eigenvalue weighted by Gasteiger charge is -1.93. The quantitative estimate of drug-likeness (QED) is 0.266. The van der Waals surface area contributed by atoms with Crippen LogP contribution in [0.3, 0.4) is 0 Å². The first-order chi connectivity index (χ1) is 10.6. The van der Waals surface area contributed by atoms with Gasteiger partial charge in [-0.2, -0.15) is 0 Å². The van der Waals surface area contributed by atoms with Crippen molar-refractivity contribution in [3.05, 3.63) is 68.3 Å². The SMILES string of the molecule is C.C.Cc1cccc2c(Br)csc12.Cc1csc2c(C)cccc12. The number of aryl methyl sites for hydroxylation is 3. The van der Waals surface area contributed by atoms with Gasteiger partial charge in [0, 0.05) is 24.6 Å². The third-order valence-electron chi connectivity index (χ3n) is 3.74. The van der Waals surface area contributed by atoms with Crippen molar-refractivity contribution in [1.29, 1.82) is 0 Å². The van der Waals surface area contributed by atoms with E-state index in [2.05, 4.69) is 83.9 Å². The third kappa shape index (κ3) is 4.08. The first-order valence-electron chi connectivity index (χ1n) is 7.13. The van der Waals surface area contributed by atoms with Gasteiger partial charge in [-0.1, -0.05) is 51.3 Å². The fourth-order valence-corrected chi connectivity index (χ4v) is 5.18. The molecule has 24 heavy (non-hydrogen) atoms. The summed E-state index contributed by atoms with van der Waals surface area (Å²) in [5.74, 6) is 0. The van der Waals surface area contributed by atoms with Gasteiger partial charge in [0.15, 0.2) is 0 Å². The number of hydrogen-bond acceptors (Lipinski definition) is 2. The minimum absolute atomic E-state index is 0. The van der Waals surface area contributed by atoms with Gasteiger partial charge < -0.3 is 0 Å². The second-order valence-corrected chi connectivity index (χ2v) is 8.02. The lowest BCUT2D eigenvalue weighted by atomic mass is 10.1. The monoisotopic (exact) mass is 420 g/mol. The average molecular weight is 421 g/mol. The van der Waals surface area contributed by atoms with Crippen molar-refractivity contribution in [2.75, 3.05) is 0 Å². The Hall–Kier alpha value is -1.16.